The van der Waals surface area contributed by atoms with E-state index < -0.39 is 12.1 Å². The minimum atomic E-state index is -0.725. The monoisotopic (exact) mass is 399 g/mol. The van der Waals surface area contributed by atoms with E-state index in [9.17, 15) is 4.79 Å². The van der Waals surface area contributed by atoms with Crippen molar-refractivity contribution in [1.82, 2.24) is 0 Å². The number of oxime groups is 1. The molecule has 0 amide bonds. The Kier molecular flexibility index (Phi) is 7.05. The number of ether oxygens (including phenoxy) is 3. The van der Waals surface area contributed by atoms with E-state index >= 15 is 0 Å². The van der Waals surface area contributed by atoms with Crippen LogP contribution < -0.4 is 4.74 Å². The molecule has 1 aliphatic rings. The number of carbonyl (C=O) groups is 1. The van der Waals surface area contributed by atoms with Crippen molar-refractivity contribution in [3.63, 3.8) is 0 Å². The minimum absolute atomic E-state index is 0.248. The molecule has 0 fully saturated rings. The second-order valence-electron chi connectivity index (χ2n) is 5.41. The Labute approximate surface area is 150 Å². The fourth-order valence-corrected chi connectivity index (χ4v) is 2.60. The number of unbranched alkanes of at least 4 members (excludes halogenated alkanes) is 1. The summed E-state index contributed by atoms with van der Waals surface area (Å²) in [5.74, 6) is 0.0914. The number of methoxy groups -OCH3 is 1. The molecule has 0 aliphatic carbocycles. The van der Waals surface area contributed by atoms with Gasteiger partial charge in [-0.05, 0) is 31.5 Å². The summed E-state index contributed by atoms with van der Waals surface area (Å²) in [5, 5.41) is 4.11. The van der Waals surface area contributed by atoms with Gasteiger partial charge in [0.25, 0.3) is 0 Å². The molecule has 1 heterocycles. The molecule has 1 aliphatic heterocycles. The number of halogens is 1. The Morgan fingerprint density at radius 1 is 1.50 bits per heavy atom. The molecule has 0 aromatic heterocycles. The lowest BCUT2D eigenvalue weighted by molar-refractivity contribution is -0.147. The highest BCUT2D eigenvalue weighted by atomic mass is 79.9. The van der Waals surface area contributed by atoms with E-state index in [-0.39, 0.29) is 6.10 Å². The molecule has 1 aromatic rings. The Morgan fingerprint density at radius 3 is 3.00 bits per heavy atom. The average Bonchev–Trinajstić information content (AvgIpc) is 3.04. The summed E-state index contributed by atoms with van der Waals surface area (Å²) >= 11 is 3.45. The Hall–Kier alpha value is -1.60. The standard InChI is InChI=1S/C17H22BrNO5/c1-4-5-8-22-15-10-23-19-16(15)13-9-12(18)6-7-14(13)24-11(2)17(20)21-3/h6-7,9,11,15H,4-5,8,10H2,1-3H3. The normalized spacial score (nSPS) is 17.8. The maximum Gasteiger partial charge on any atom is 0.346 e. The maximum atomic E-state index is 11.6. The zero-order valence-corrected chi connectivity index (χ0v) is 15.7. The third-order valence-corrected chi connectivity index (χ3v) is 4.06. The van der Waals surface area contributed by atoms with Crippen LogP contribution in [0.4, 0.5) is 0 Å². The van der Waals surface area contributed by atoms with Crippen molar-refractivity contribution in [2.45, 2.75) is 38.9 Å². The number of carbonyl (C=O) groups excluding carboxylic acids is 1. The van der Waals surface area contributed by atoms with Crippen LogP contribution in [0.5, 0.6) is 5.75 Å². The van der Waals surface area contributed by atoms with Crippen molar-refractivity contribution in [2.75, 3.05) is 20.3 Å². The van der Waals surface area contributed by atoms with Gasteiger partial charge in [-0.3, -0.25) is 0 Å². The maximum absolute atomic E-state index is 11.6. The highest BCUT2D eigenvalue weighted by molar-refractivity contribution is 9.10. The van der Waals surface area contributed by atoms with Crippen molar-refractivity contribution in [1.29, 1.82) is 0 Å². The lowest BCUT2D eigenvalue weighted by Crippen LogP contribution is -2.28. The summed E-state index contributed by atoms with van der Waals surface area (Å²) in [7, 11) is 1.33. The predicted octanol–water partition coefficient (Wildman–Crippen LogP) is 3.31. The number of rotatable bonds is 8. The predicted molar refractivity (Wildman–Crippen MR) is 93.4 cm³/mol. The molecular formula is C17H22BrNO5. The van der Waals surface area contributed by atoms with Crippen LogP contribution >= 0.6 is 15.9 Å². The first-order chi connectivity index (χ1) is 11.6. The van der Waals surface area contributed by atoms with Gasteiger partial charge < -0.3 is 19.0 Å². The molecule has 6 nitrogen and oxygen atoms in total. The molecular weight excluding hydrogens is 378 g/mol. The number of esters is 1. The van der Waals surface area contributed by atoms with Crippen LogP contribution in [0, 0.1) is 0 Å². The van der Waals surface area contributed by atoms with Gasteiger partial charge in [-0.15, -0.1) is 0 Å². The third-order valence-electron chi connectivity index (χ3n) is 3.57. The molecule has 24 heavy (non-hydrogen) atoms. The fraction of sp³-hybridized carbons (Fsp3) is 0.529. The lowest BCUT2D eigenvalue weighted by Gasteiger charge is -2.18. The van der Waals surface area contributed by atoms with Gasteiger partial charge in [0.2, 0.25) is 0 Å². The molecule has 0 saturated heterocycles. The van der Waals surface area contributed by atoms with Crippen LogP contribution in [0.3, 0.4) is 0 Å². The van der Waals surface area contributed by atoms with Gasteiger partial charge in [0.1, 0.15) is 24.2 Å². The number of benzene rings is 1. The second-order valence-corrected chi connectivity index (χ2v) is 6.32. The van der Waals surface area contributed by atoms with Crippen molar-refractivity contribution in [3.05, 3.63) is 28.2 Å². The van der Waals surface area contributed by atoms with Crippen LogP contribution in [0.25, 0.3) is 0 Å². The van der Waals surface area contributed by atoms with Crippen molar-refractivity contribution in [3.8, 4) is 5.75 Å². The first-order valence-corrected chi connectivity index (χ1v) is 8.72. The number of hydrogen-bond donors (Lipinski definition) is 0. The van der Waals surface area contributed by atoms with E-state index in [0.717, 1.165) is 22.9 Å². The molecule has 2 unspecified atom stereocenters. The molecule has 7 heteroatoms. The summed E-state index contributed by atoms with van der Waals surface area (Å²) in [6, 6.07) is 5.50. The first kappa shape index (κ1) is 18.7. The molecule has 0 N–H and O–H groups in total. The molecule has 0 bridgehead atoms. The van der Waals surface area contributed by atoms with Crippen LogP contribution in [-0.4, -0.2) is 44.2 Å². The SMILES string of the molecule is CCCCOC1CON=C1c1cc(Br)ccc1OC(C)C(=O)OC. The van der Waals surface area contributed by atoms with E-state index in [1.807, 2.05) is 12.1 Å². The quantitative estimate of drug-likeness (QED) is 0.495. The molecule has 0 radical (unpaired) electrons. The molecule has 2 rings (SSSR count). The van der Waals surface area contributed by atoms with Gasteiger partial charge in [-0.25, -0.2) is 4.79 Å². The van der Waals surface area contributed by atoms with Crippen LogP contribution in [-0.2, 0) is 19.1 Å². The summed E-state index contributed by atoms with van der Waals surface area (Å²) in [4.78, 5) is 16.8. The largest absolute Gasteiger partial charge is 0.478 e. The molecule has 0 saturated carbocycles. The van der Waals surface area contributed by atoms with Gasteiger partial charge in [0.05, 0.1) is 7.11 Å². The number of hydrogen-bond acceptors (Lipinski definition) is 6. The highest BCUT2D eigenvalue weighted by Gasteiger charge is 2.29. The average molecular weight is 400 g/mol. The van der Waals surface area contributed by atoms with E-state index in [4.69, 9.17) is 19.0 Å². The van der Waals surface area contributed by atoms with Crippen molar-refractivity contribution in [2.24, 2.45) is 5.16 Å². The van der Waals surface area contributed by atoms with Crippen LogP contribution in [0.15, 0.2) is 27.8 Å². The van der Waals surface area contributed by atoms with E-state index in [1.54, 1.807) is 13.0 Å². The van der Waals surface area contributed by atoms with Gasteiger partial charge in [0.15, 0.2) is 6.10 Å². The Balaban J connectivity index is 2.21. The molecule has 0 spiro atoms. The van der Waals surface area contributed by atoms with Crippen molar-refractivity contribution < 1.29 is 23.8 Å². The van der Waals surface area contributed by atoms with Gasteiger partial charge in [0, 0.05) is 16.6 Å². The molecule has 132 valence electrons. The molecule has 2 atom stereocenters. The topological polar surface area (TPSA) is 66.3 Å². The summed E-state index contributed by atoms with van der Waals surface area (Å²) < 4.78 is 17.2. The Bertz CT molecular complexity index is 605. The van der Waals surface area contributed by atoms with Crippen LogP contribution in [0.2, 0.25) is 0 Å². The zero-order chi connectivity index (χ0) is 17.5. The smallest absolute Gasteiger partial charge is 0.346 e. The van der Waals surface area contributed by atoms with E-state index in [0.29, 0.717) is 24.7 Å². The van der Waals surface area contributed by atoms with Crippen LogP contribution in [0.1, 0.15) is 32.3 Å². The zero-order valence-electron chi connectivity index (χ0n) is 14.1. The summed E-state index contributed by atoms with van der Waals surface area (Å²) in [6.45, 7) is 4.77. The third kappa shape index (κ3) is 4.70. The lowest BCUT2D eigenvalue weighted by atomic mass is 10.0. The number of nitrogens with zero attached hydrogens (tertiary/aromatic N) is 1. The minimum Gasteiger partial charge on any atom is -0.478 e. The second kappa shape index (κ2) is 9.03. The van der Waals surface area contributed by atoms with Gasteiger partial charge in [-0.2, -0.15) is 0 Å². The first-order valence-electron chi connectivity index (χ1n) is 7.92. The summed E-state index contributed by atoms with van der Waals surface area (Å²) in [6.07, 6.45) is 1.06. The highest BCUT2D eigenvalue weighted by Crippen LogP contribution is 2.28. The molecule has 1 aromatic carbocycles. The van der Waals surface area contributed by atoms with Gasteiger partial charge >= 0.3 is 5.97 Å². The summed E-state index contributed by atoms with van der Waals surface area (Å²) in [5.41, 5.74) is 1.40. The fourth-order valence-electron chi connectivity index (χ4n) is 2.24. The van der Waals surface area contributed by atoms with E-state index in [2.05, 4.69) is 28.0 Å². The van der Waals surface area contributed by atoms with Crippen molar-refractivity contribution >= 4 is 27.6 Å². The van der Waals surface area contributed by atoms with E-state index in [1.165, 1.54) is 7.11 Å². The Morgan fingerprint density at radius 2 is 2.29 bits per heavy atom. The van der Waals surface area contributed by atoms with Gasteiger partial charge in [-0.1, -0.05) is 34.4 Å².